The first-order valence-corrected chi connectivity index (χ1v) is 4.15. The lowest BCUT2D eigenvalue weighted by Crippen LogP contribution is -2.32. The van der Waals surface area contributed by atoms with Gasteiger partial charge >= 0.3 is 0 Å². The first kappa shape index (κ1) is 8.44. The van der Waals surface area contributed by atoms with Gasteiger partial charge in [-0.1, -0.05) is 0 Å². The Morgan fingerprint density at radius 2 is 1.33 bits per heavy atom. The molecule has 2 saturated heterocycles. The van der Waals surface area contributed by atoms with Crippen molar-refractivity contribution in [3.63, 3.8) is 0 Å². The summed E-state index contributed by atoms with van der Waals surface area (Å²) in [6.07, 6.45) is 0.296. The van der Waals surface area contributed by atoms with Gasteiger partial charge in [-0.15, -0.1) is 0 Å². The molecular weight excluding hydrogens is 160 g/mol. The Morgan fingerprint density at radius 3 is 1.67 bits per heavy atom. The Balaban J connectivity index is 2.01. The van der Waals surface area contributed by atoms with Crippen molar-refractivity contribution < 1.29 is 18.9 Å². The summed E-state index contributed by atoms with van der Waals surface area (Å²) in [4.78, 5) is 0. The van der Waals surface area contributed by atoms with Crippen LogP contribution in [0.2, 0.25) is 0 Å². The zero-order valence-electron chi connectivity index (χ0n) is 7.36. The number of fused-ring (bicyclic) bond motifs is 1. The van der Waals surface area contributed by atoms with Gasteiger partial charge in [-0.3, -0.25) is 0 Å². The minimum atomic E-state index is 0.0694. The van der Waals surface area contributed by atoms with Crippen molar-refractivity contribution in [1.82, 2.24) is 0 Å². The molecule has 4 atom stereocenters. The SMILES string of the molecule is COC1CO[C@H]2C1OC[C@@H]2OC. The third-order valence-corrected chi connectivity index (χ3v) is 2.57. The number of ether oxygens (including phenoxy) is 4. The second kappa shape index (κ2) is 3.30. The van der Waals surface area contributed by atoms with Gasteiger partial charge in [0, 0.05) is 14.2 Å². The Labute approximate surface area is 71.7 Å². The molecule has 2 fully saturated rings. The van der Waals surface area contributed by atoms with Crippen LogP contribution in [0.3, 0.4) is 0 Å². The maximum atomic E-state index is 5.51. The predicted molar refractivity (Wildman–Crippen MR) is 41.1 cm³/mol. The molecule has 0 saturated carbocycles. The van der Waals surface area contributed by atoms with Crippen LogP contribution in [-0.4, -0.2) is 51.8 Å². The van der Waals surface area contributed by atoms with E-state index < -0.39 is 0 Å². The van der Waals surface area contributed by atoms with Gasteiger partial charge in [-0.05, 0) is 0 Å². The van der Waals surface area contributed by atoms with Gasteiger partial charge in [0.05, 0.1) is 13.2 Å². The maximum Gasteiger partial charge on any atom is 0.115 e. The van der Waals surface area contributed by atoms with Crippen molar-refractivity contribution >= 4 is 0 Å². The molecule has 2 heterocycles. The minimum Gasteiger partial charge on any atom is -0.376 e. The maximum absolute atomic E-state index is 5.51. The van der Waals surface area contributed by atoms with E-state index in [1.807, 2.05) is 0 Å². The van der Waals surface area contributed by atoms with Gasteiger partial charge in [-0.25, -0.2) is 0 Å². The molecule has 2 rings (SSSR count). The van der Waals surface area contributed by atoms with Gasteiger partial charge in [0.15, 0.2) is 0 Å². The number of hydrogen-bond acceptors (Lipinski definition) is 4. The highest BCUT2D eigenvalue weighted by Gasteiger charge is 2.48. The number of methoxy groups -OCH3 is 2. The zero-order chi connectivity index (χ0) is 8.55. The van der Waals surface area contributed by atoms with E-state index in [0.29, 0.717) is 13.2 Å². The van der Waals surface area contributed by atoms with Crippen LogP contribution in [0.4, 0.5) is 0 Å². The molecule has 0 aromatic rings. The molecule has 2 aliphatic rings. The summed E-state index contributed by atoms with van der Waals surface area (Å²) in [6.45, 7) is 1.23. The van der Waals surface area contributed by atoms with Crippen molar-refractivity contribution in [3.05, 3.63) is 0 Å². The molecular formula is C8H14O4. The van der Waals surface area contributed by atoms with Crippen molar-refractivity contribution in [3.8, 4) is 0 Å². The molecule has 0 N–H and O–H groups in total. The van der Waals surface area contributed by atoms with Crippen LogP contribution in [0.5, 0.6) is 0 Å². The summed E-state index contributed by atoms with van der Waals surface area (Å²) in [5, 5.41) is 0. The van der Waals surface area contributed by atoms with E-state index in [2.05, 4.69) is 0 Å². The molecule has 4 heteroatoms. The summed E-state index contributed by atoms with van der Waals surface area (Å²) >= 11 is 0. The minimum absolute atomic E-state index is 0.0694. The monoisotopic (exact) mass is 174 g/mol. The molecule has 4 nitrogen and oxygen atoms in total. The van der Waals surface area contributed by atoms with Crippen molar-refractivity contribution in [1.29, 1.82) is 0 Å². The van der Waals surface area contributed by atoms with Gasteiger partial charge in [-0.2, -0.15) is 0 Å². The van der Waals surface area contributed by atoms with Crippen LogP contribution in [0, 0.1) is 0 Å². The second-order valence-corrected chi connectivity index (χ2v) is 3.14. The van der Waals surface area contributed by atoms with Gasteiger partial charge in [0.1, 0.15) is 24.4 Å². The van der Waals surface area contributed by atoms with Crippen LogP contribution in [0.25, 0.3) is 0 Å². The van der Waals surface area contributed by atoms with Crippen LogP contribution in [0.1, 0.15) is 0 Å². The molecule has 0 aromatic heterocycles. The standard InChI is InChI=1S/C8H14O4/c1-9-5-3-11-8-6(10-2)4-12-7(5)8/h5-8H,3-4H2,1-2H3/t5-,6?,7+,8?/m0/s1. The lowest BCUT2D eigenvalue weighted by atomic mass is 10.1. The highest BCUT2D eigenvalue weighted by molar-refractivity contribution is 4.95. The second-order valence-electron chi connectivity index (χ2n) is 3.14. The summed E-state index contributed by atoms with van der Waals surface area (Å²) < 4.78 is 21.4. The van der Waals surface area contributed by atoms with Crippen molar-refractivity contribution in [2.45, 2.75) is 24.4 Å². The molecule has 70 valence electrons. The van der Waals surface area contributed by atoms with Gasteiger partial charge < -0.3 is 18.9 Å². The van der Waals surface area contributed by atoms with E-state index in [1.54, 1.807) is 14.2 Å². The summed E-state index contributed by atoms with van der Waals surface area (Å²) in [5.41, 5.74) is 0. The lowest BCUT2D eigenvalue weighted by Gasteiger charge is -2.14. The zero-order valence-corrected chi connectivity index (χ0v) is 7.36. The first-order chi connectivity index (χ1) is 5.86. The first-order valence-electron chi connectivity index (χ1n) is 4.15. The fourth-order valence-electron chi connectivity index (χ4n) is 1.83. The van der Waals surface area contributed by atoms with Crippen molar-refractivity contribution in [2.24, 2.45) is 0 Å². The smallest absolute Gasteiger partial charge is 0.115 e. The van der Waals surface area contributed by atoms with Gasteiger partial charge in [0.2, 0.25) is 0 Å². The van der Waals surface area contributed by atoms with Gasteiger partial charge in [0.25, 0.3) is 0 Å². The molecule has 12 heavy (non-hydrogen) atoms. The number of hydrogen-bond donors (Lipinski definition) is 0. The lowest BCUT2D eigenvalue weighted by molar-refractivity contribution is -0.0267. The average Bonchev–Trinajstić information content (AvgIpc) is 2.62. The van der Waals surface area contributed by atoms with E-state index in [1.165, 1.54) is 0 Å². The highest BCUT2D eigenvalue weighted by Crippen LogP contribution is 2.29. The Morgan fingerprint density at radius 1 is 0.917 bits per heavy atom. The molecule has 0 aromatic carbocycles. The molecule has 2 aliphatic heterocycles. The third kappa shape index (κ3) is 1.15. The Kier molecular flexibility index (Phi) is 2.32. The van der Waals surface area contributed by atoms with Crippen LogP contribution in [-0.2, 0) is 18.9 Å². The average molecular weight is 174 g/mol. The van der Waals surface area contributed by atoms with Crippen molar-refractivity contribution in [2.75, 3.05) is 27.4 Å². The highest BCUT2D eigenvalue weighted by atomic mass is 16.6. The number of rotatable bonds is 2. The third-order valence-electron chi connectivity index (χ3n) is 2.57. The van der Waals surface area contributed by atoms with Crippen LogP contribution < -0.4 is 0 Å². The van der Waals surface area contributed by atoms with Crippen LogP contribution in [0.15, 0.2) is 0 Å². The molecule has 0 radical (unpaired) electrons. The molecule has 0 spiro atoms. The summed E-state index contributed by atoms with van der Waals surface area (Å²) in [6, 6.07) is 0. The molecule has 2 unspecified atom stereocenters. The Bertz CT molecular complexity index is 143. The van der Waals surface area contributed by atoms with E-state index in [-0.39, 0.29) is 24.4 Å². The van der Waals surface area contributed by atoms with E-state index in [0.717, 1.165) is 0 Å². The Hall–Kier alpha value is -0.160. The van der Waals surface area contributed by atoms with E-state index in [4.69, 9.17) is 18.9 Å². The molecule has 0 aliphatic carbocycles. The van der Waals surface area contributed by atoms with E-state index >= 15 is 0 Å². The fraction of sp³-hybridized carbons (Fsp3) is 1.00. The van der Waals surface area contributed by atoms with Crippen LogP contribution >= 0.6 is 0 Å². The van der Waals surface area contributed by atoms with E-state index in [9.17, 15) is 0 Å². The molecule has 0 amide bonds. The predicted octanol–water partition coefficient (Wildman–Crippen LogP) is -0.186. The summed E-state index contributed by atoms with van der Waals surface area (Å²) in [7, 11) is 3.36. The fourth-order valence-corrected chi connectivity index (χ4v) is 1.83. The molecule has 0 bridgehead atoms. The largest absolute Gasteiger partial charge is 0.376 e. The normalized spacial score (nSPS) is 46.5. The quantitative estimate of drug-likeness (QED) is 0.581. The topological polar surface area (TPSA) is 36.9 Å². The summed E-state index contributed by atoms with van der Waals surface area (Å²) in [5.74, 6) is 0.